The Bertz CT molecular complexity index is 388. The second-order valence-electron chi connectivity index (χ2n) is 5.00. The number of hydrogen-bond donors (Lipinski definition) is 1. The van der Waals surface area contributed by atoms with Crippen molar-refractivity contribution in [3.05, 3.63) is 11.9 Å². The van der Waals surface area contributed by atoms with Gasteiger partial charge in [0.05, 0.1) is 6.54 Å². The zero-order chi connectivity index (χ0) is 13.2. The Morgan fingerprint density at radius 1 is 1.35 bits per heavy atom. The Kier molecular flexibility index (Phi) is 3.85. The zero-order valence-electron chi connectivity index (χ0n) is 10.5. The van der Waals surface area contributed by atoms with E-state index in [4.69, 9.17) is 5.73 Å². The van der Waals surface area contributed by atoms with E-state index in [2.05, 4.69) is 9.97 Å². The number of nitrogen functional groups attached to an aromatic ring is 1. The first-order valence-electron chi connectivity index (χ1n) is 5.34. The van der Waals surface area contributed by atoms with Gasteiger partial charge in [0.25, 0.3) is 6.43 Å². The second-order valence-corrected chi connectivity index (χ2v) is 5.00. The van der Waals surface area contributed by atoms with Gasteiger partial charge in [0.1, 0.15) is 17.5 Å². The van der Waals surface area contributed by atoms with Gasteiger partial charge in [0.2, 0.25) is 0 Å². The number of nitrogens with two attached hydrogens (primary N) is 1. The van der Waals surface area contributed by atoms with Crippen molar-refractivity contribution in [2.24, 2.45) is 0 Å². The monoisotopic (exact) mass is 244 g/mol. The van der Waals surface area contributed by atoms with Gasteiger partial charge in [0.15, 0.2) is 0 Å². The molecule has 0 atom stereocenters. The molecule has 96 valence electrons. The quantitative estimate of drug-likeness (QED) is 0.884. The van der Waals surface area contributed by atoms with Crippen LogP contribution in [0.25, 0.3) is 0 Å². The summed E-state index contributed by atoms with van der Waals surface area (Å²) >= 11 is 0. The van der Waals surface area contributed by atoms with Crippen LogP contribution >= 0.6 is 0 Å². The van der Waals surface area contributed by atoms with E-state index < -0.39 is 6.43 Å². The van der Waals surface area contributed by atoms with E-state index in [1.807, 2.05) is 20.8 Å². The van der Waals surface area contributed by atoms with Crippen molar-refractivity contribution in [2.75, 3.05) is 24.2 Å². The molecule has 4 nitrogen and oxygen atoms in total. The molecule has 0 bridgehead atoms. The molecule has 0 unspecified atom stereocenters. The SMILES string of the molecule is CN(CC(F)F)c1cc(N)nc(C(C)(C)C)n1. The van der Waals surface area contributed by atoms with Gasteiger partial charge in [-0.3, -0.25) is 0 Å². The van der Waals surface area contributed by atoms with Crippen molar-refractivity contribution in [3.63, 3.8) is 0 Å². The summed E-state index contributed by atoms with van der Waals surface area (Å²) in [5.74, 6) is 1.26. The molecule has 0 aliphatic heterocycles. The van der Waals surface area contributed by atoms with Crippen LogP contribution in [0, 0.1) is 0 Å². The Hall–Kier alpha value is -1.46. The molecule has 1 aromatic rings. The Labute approximate surface area is 99.9 Å². The smallest absolute Gasteiger partial charge is 0.255 e. The van der Waals surface area contributed by atoms with E-state index in [0.29, 0.717) is 17.5 Å². The molecule has 0 amide bonds. The number of nitrogens with zero attached hydrogens (tertiary/aromatic N) is 3. The summed E-state index contributed by atoms with van der Waals surface area (Å²) in [6.45, 7) is 5.45. The minimum atomic E-state index is -2.41. The third kappa shape index (κ3) is 3.80. The minimum absolute atomic E-state index is 0.268. The van der Waals surface area contributed by atoms with E-state index in [0.717, 1.165) is 0 Å². The van der Waals surface area contributed by atoms with Gasteiger partial charge in [-0.2, -0.15) is 0 Å². The maximum absolute atomic E-state index is 12.3. The fourth-order valence-electron chi connectivity index (χ4n) is 1.28. The molecular weight excluding hydrogens is 226 g/mol. The topological polar surface area (TPSA) is 55.0 Å². The third-order valence-electron chi connectivity index (χ3n) is 2.21. The number of aromatic nitrogens is 2. The molecule has 0 saturated heterocycles. The summed E-state index contributed by atoms with van der Waals surface area (Å²) in [6.07, 6.45) is -2.41. The standard InChI is InChI=1S/C11H18F2N4/c1-11(2,3)10-15-8(14)5-9(16-10)17(4)6-7(12)13/h5,7H,6H2,1-4H3,(H2,14,15,16). The summed E-state index contributed by atoms with van der Waals surface area (Å²) in [5.41, 5.74) is 5.39. The first-order chi connectivity index (χ1) is 7.70. The molecule has 17 heavy (non-hydrogen) atoms. The van der Waals surface area contributed by atoms with E-state index in [9.17, 15) is 8.78 Å². The summed E-state index contributed by atoms with van der Waals surface area (Å²) in [6, 6.07) is 1.50. The lowest BCUT2D eigenvalue weighted by atomic mass is 9.96. The van der Waals surface area contributed by atoms with Gasteiger partial charge in [-0.05, 0) is 0 Å². The Balaban J connectivity index is 3.05. The van der Waals surface area contributed by atoms with Crippen LogP contribution in [-0.2, 0) is 5.41 Å². The molecule has 0 aliphatic rings. The molecular formula is C11H18F2N4. The Morgan fingerprint density at radius 2 is 1.94 bits per heavy atom. The van der Waals surface area contributed by atoms with E-state index in [1.165, 1.54) is 11.0 Å². The van der Waals surface area contributed by atoms with Crippen LogP contribution < -0.4 is 10.6 Å². The highest BCUT2D eigenvalue weighted by Gasteiger charge is 2.20. The molecule has 0 fully saturated rings. The van der Waals surface area contributed by atoms with Crippen LogP contribution in [0.4, 0.5) is 20.4 Å². The fraction of sp³-hybridized carbons (Fsp3) is 0.636. The van der Waals surface area contributed by atoms with Crippen LogP contribution in [0.3, 0.4) is 0 Å². The molecule has 0 aliphatic carbocycles. The van der Waals surface area contributed by atoms with E-state index in [-0.39, 0.29) is 12.0 Å². The highest BCUT2D eigenvalue weighted by Crippen LogP contribution is 2.22. The average Bonchev–Trinajstić information content (AvgIpc) is 2.14. The van der Waals surface area contributed by atoms with Crippen molar-refractivity contribution in [2.45, 2.75) is 32.6 Å². The van der Waals surface area contributed by atoms with Crippen LogP contribution in [0.15, 0.2) is 6.07 Å². The molecule has 1 aromatic heterocycles. The van der Waals surface area contributed by atoms with Crippen LogP contribution in [0.2, 0.25) is 0 Å². The second kappa shape index (κ2) is 4.81. The van der Waals surface area contributed by atoms with Crippen molar-refractivity contribution >= 4 is 11.6 Å². The molecule has 0 radical (unpaired) electrons. The molecule has 0 saturated carbocycles. The summed E-state index contributed by atoms with van der Waals surface area (Å²) in [4.78, 5) is 9.75. The number of anilines is 2. The number of hydrogen-bond acceptors (Lipinski definition) is 4. The molecule has 1 rings (SSSR count). The Morgan fingerprint density at radius 3 is 2.41 bits per heavy atom. The largest absolute Gasteiger partial charge is 0.384 e. The summed E-state index contributed by atoms with van der Waals surface area (Å²) < 4.78 is 24.6. The molecule has 6 heteroatoms. The minimum Gasteiger partial charge on any atom is -0.384 e. The van der Waals surface area contributed by atoms with Gasteiger partial charge in [0, 0.05) is 18.5 Å². The maximum atomic E-state index is 12.3. The van der Waals surface area contributed by atoms with Crippen molar-refractivity contribution < 1.29 is 8.78 Å². The van der Waals surface area contributed by atoms with Gasteiger partial charge in [-0.25, -0.2) is 18.7 Å². The van der Waals surface area contributed by atoms with Crippen molar-refractivity contribution in [1.29, 1.82) is 0 Å². The molecule has 1 heterocycles. The van der Waals surface area contributed by atoms with Gasteiger partial charge < -0.3 is 10.6 Å². The highest BCUT2D eigenvalue weighted by molar-refractivity contribution is 5.47. The van der Waals surface area contributed by atoms with E-state index in [1.54, 1.807) is 7.05 Å². The van der Waals surface area contributed by atoms with Gasteiger partial charge in [-0.15, -0.1) is 0 Å². The lowest BCUT2D eigenvalue weighted by molar-refractivity contribution is 0.156. The summed E-state index contributed by atoms with van der Waals surface area (Å²) in [5, 5.41) is 0. The van der Waals surface area contributed by atoms with Crippen LogP contribution in [0.1, 0.15) is 26.6 Å². The lowest BCUT2D eigenvalue weighted by Gasteiger charge is -2.22. The molecule has 2 N–H and O–H groups in total. The predicted octanol–water partition coefficient (Wildman–Crippen LogP) is 2.06. The van der Waals surface area contributed by atoms with Crippen LogP contribution in [0.5, 0.6) is 0 Å². The third-order valence-corrected chi connectivity index (χ3v) is 2.21. The highest BCUT2D eigenvalue weighted by atomic mass is 19.3. The van der Waals surface area contributed by atoms with Crippen molar-refractivity contribution in [1.82, 2.24) is 9.97 Å². The zero-order valence-corrected chi connectivity index (χ0v) is 10.5. The molecule has 0 aromatic carbocycles. The lowest BCUT2D eigenvalue weighted by Crippen LogP contribution is -2.27. The van der Waals surface area contributed by atoms with E-state index >= 15 is 0 Å². The van der Waals surface area contributed by atoms with Crippen molar-refractivity contribution in [3.8, 4) is 0 Å². The van der Waals surface area contributed by atoms with Crippen LogP contribution in [-0.4, -0.2) is 30.0 Å². The fourth-order valence-corrected chi connectivity index (χ4v) is 1.28. The first-order valence-corrected chi connectivity index (χ1v) is 5.34. The molecule has 0 spiro atoms. The van der Waals surface area contributed by atoms with Gasteiger partial charge >= 0.3 is 0 Å². The van der Waals surface area contributed by atoms with Gasteiger partial charge in [-0.1, -0.05) is 20.8 Å². The number of alkyl halides is 2. The normalized spacial score (nSPS) is 11.9. The number of halogens is 2. The first kappa shape index (κ1) is 13.6. The average molecular weight is 244 g/mol. The maximum Gasteiger partial charge on any atom is 0.255 e. The number of rotatable bonds is 3. The predicted molar refractivity (Wildman–Crippen MR) is 64.4 cm³/mol. The summed E-state index contributed by atoms with van der Waals surface area (Å²) in [7, 11) is 1.56.